The molecule has 1 heterocycles. The van der Waals surface area contributed by atoms with Crippen LogP contribution in [-0.2, 0) is 6.54 Å². The molecule has 1 aromatic rings. The van der Waals surface area contributed by atoms with E-state index < -0.39 is 0 Å². The van der Waals surface area contributed by atoms with Crippen molar-refractivity contribution in [3.63, 3.8) is 0 Å². The summed E-state index contributed by atoms with van der Waals surface area (Å²) < 4.78 is 6.77. The molecule has 19 heavy (non-hydrogen) atoms. The molecule has 1 fully saturated rings. The molecule has 1 N–H and O–H groups in total. The molecule has 0 saturated heterocycles. The topological polar surface area (TPSA) is 56.1 Å². The zero-order chi connectivity index (χ0) is 13.7. The van der Waals surface area contributed by atoms with Crippen molar-refractivity contribution in [3.05, 3.63) is 22.1 Å². The van der Waals surface area contributed by atoms with Crippen LogP contribution in [-0.4, -0.2) is 29.2 Å². The van der Waals surface area contributed by atoms with Crippen molar-refractivity contribution in [1.82, 2.24) is 14.9 Å². The first-order chi connectivity index (χ1) is 9.20. The molecule has 0 atom stereocenters. The molecule has 1 aliphatic rings. The van der Waals surface area contributed by atoms with Crippen molar-refractivity contribution in [2.45, 2.75) is 51.6 Å². The minimum atomic E-state index is -0.0368. The third kappa shape index (κ3) is 3.80. The molecule has 0 aromatic carbocycles. The Bertz CT molecular complexity index is 464. The summed E-state index contributed by atoms with van der Waals surface area (Å²) in [6.45, 7) is 3.39. The number of rotatable bonds is 6. The number of methoxy groups -OCH3 is 1. The fraction of sp³-hybridized carbons (Fsp3) is 0.714. The number of ether oxygens (including phenoxy) is 1. The van der Waals surface area contributed by atoms with E-state index in [0.29, 0.717) is 24.3 Å². The van der Waals surface area contributed by atoms with Crippen molar-refractivity contribution in [2.24, 2.45) is 0 Å². The second kappa shape index (κ2) is 6.70. The summed E-state index contributed by atoms with van der Waals surface area (Å²) in [7, 11) is 1.55. The van der Waals surface area contributed by atoms with Gasteiger partial charge in [-0.05, 0) is 32.7 Å². The second-order valence-corrected chi connectivity index (χ2v) is 5.16. The minimum Gasteiger partial charge on any atom is -0.468 e. The van der Waals surface area contributed by atoms with Crippen LogP contribution in [0.1, 0.15) is 37.8 Å². The molecule has 5 nitrogen and oxygen atoms in total. The van der Waals surface area contributed by atoms with Gasteiger partial charge in [0, 0.05) is 24.3 Å². The predicted octanol–water partition coefficient (Wildman–Crippen LogP) is 1.48. The van der Waals surface area contributed by atoms with Crippen LogP contribution in [0.25, 0.3) is 0 Å². The highest BCUT2D eigenvalue weighted by molar-refractivity contribution is 5.06. The van der Waals surface area contributed by atoms with Crippen LogP contribution >= 0.6 is 0 Å². The fourth-order valence-electron chi connectivity index (χ4n) is 2.63. The molecule has 0 radical (unpaired) electrons. The molecule has 1 saturated carbocycles. The highest BCUT2D eigenvalue weighted by atomic mass is 16.5. The Hall–Kier alpha value is -1.36. The molecule has 5 heteroatoms. The number of nitrogens with one attached hydrogen (secondary N) is 1. The summed E-state index contributed by atoms with van der Waals surface area (Å²) >= 11 is 0. The van der Waals surface area contributed by atoms with Gasteiger partial charge in [-0.15, -0.1) is 0 Å². The highest BCUT2D eigenvalue weighted by Gasteiger charge is 2.13. The van der Waals surface area contributed by atoms with E-state index in [1.807, 2.05) is 0 Å². The Balaban J connectivity index is 1.86. The van der Waals surface area contributed by atoms with Gasteiger partial charge in [0.15, 0.2) is 0 Å². The van der Waals surface area contributed by atoms with Crippen molar-refractivity contribution in [1.29, 1.82) is 0 Å². The maximum atomic E-state index is 11.9. The van der Waals surface area contributed by atoms with E-state index in [1.54, 1.807) is 24.7 Å². The van der Waals surface area contributed by atoms with Crippen LogP contribution in [0.2, 0.25) is 0 Å². The zero-order valence-electron chi connectivity index (χ0n) is 11.8. The Morgan fingerprint density at radius 1 is 1.47 bits per heavy atom. The predicted molar refractivity (Wildman–Crippen MR) is 74.7 cm³/mol. The molecule has 0 spiro atoms. The number of hydrogen-bond acceptors (Lipinski definition) is 4. The van der Waals surface area contributed by atoms with Crippen LogP contribution in [0.4, 0.5) is 0 Å². The summed E-state index contributed by atoms with van der Waals surface area (Å²) in [4.78, 5) is 16.1. The van der Waals surface area contributed by atoms with Gasteiger partial charge in [0.2, 0.25) is 0 Å². The summed E-state index contributed by atoms with van der Waals surface area (Å²) in [5.74, 6) is 0. The maximum Gasteiger partial charge on any atom is 0.299 e. The Labute approximate surface area is 114 Å². The molecule has 106 valence electrons. The van der Waals surface area contributed by atoms with Crippen LogP contribution in [0.5, 0.6) is 6.01 Å². The molecular weight excluding hydrogens is 242 g/mol. The van der Waals surface area contributed by atoms with Gasteiger partial charge in [-0.25, -0.2) is 4.98 Å². The van der Waals surface area contributed by atoms with Gasteiger partial charge in [-0.2, -0.15) is 0 Å². The van der Waals surface area contributed by atoms with Gasteiger partial charge in [0.05, 0.1) is 7.11 Å². The lowest BCUT2D eigenvalue weighted by atomic mass is 10.2. The third-order valence-electron chi connectivity index (χ3n) is 3.63. The number of aryl methyl sites for hydroxylation is 1. The maximum absolute atomic E-state index is 11.9. The fourth-order valence-corrected chi connectivity index (χ4v) is 2.63. The first-order valence-corrected chi connectivity index (χ1v) is 7.06. The van der Waals surface area contributed by atoms with Gasteiger partial charge in [-0.3, -0.25) is 9.36 Å². The SMILES string of the molecule is COc1nc(C)cc(=O)n1CCCNC1CCCC1. The van der Waals surface area contributed by atoms with E-state index in [2.05, 4.69) is 10.3 Å². The molecule has 0 bridgehead atoms. The molecule has 1 aliphatic carbocycles. The van der Waals surface area contributed by atoms with Crippen molar-refractivity contribution in [2.75, 3.05) is 13.7 Å². The summed E-state index contributed by atoms with van der Waals surface area (Å²) in [6, 6.07) is 2.63. The van der Waals surface area contributed by atoms with E-state index in [4.69, 9.17) is 4.74 Å². The Morgan fingerprint density at radius 2 is 2.21 bits per heavy atom. The highest BCUT2D eigenvalue weighted by Crippen LogP contribution is 2.17. The first-order valence-electron chi connectivity index (χ1n) is 7.06. The van der Waals surface area contributed by atoms with E-state index >= 15 is 0 Å². The molecule has 1 aromatic heterocycles. The van der Waals surface area contributed by atoms with Crippen LogP contribution in [0.3, 0.4) is 0 Å². The van der Waals surface area contributed by atoms with Gasteiger partial charge in [0.25, 0.3) is 11.6 Å². The van der Waals surface area contributed by atoms with Gasteiger partial charge >= 0.3 is 0 Å². The van der Waals surface area contributed by atoms with Gasteiger partial charge in [0.1, 0.15) is 0 Å². The lowest BCUT2D eigenvalue weighted by Crippen LogP contribution is -2.29. The molecule has 0 aliphatic heterocycles. The van der Waals surface area contributed by atoms with Crippen LogP contribution in [0, 0.1) is 6.92 Å². The van der Waals surface area contributed by atoms with E-state index in [9.17, 15) is 4.79 Å². The van der Waals surface area contributed by atoms with Crippen LogP contribution < -0.4 is 15.6 Å². The van der Waals surface area contributed by atoms with E-state index in [0.717, 1.165) is 13.0 Å². The number of nitrogens with zero attached hydrogens (tertiary/aromatic N) is 2. The first kappa shape index (κ1) is 14.1. The summed E-state index contributed by atoms with van der Waals surface area (Å²) in [5, 5.41) is 3.54. The molecular formula is C14H23N3O2. The zero-order valence-corrected chi connectivity index (χ0v) is 11.8. The molecule has 2 rings (SSSR count). The van der Waals surface area contributed by atoms with Crippen molar-refractivity contribution < 1.29 is 4.74 Å². The Morgan fingerprint density at radius 3 is 2.89 bits per heavy atom. The molecule has 0 amide bonds. The number of aromatic nitrogens is 2. The largest absolute Gasteiger partial charge is 0.468 e. The standard InChI is InChI=1S/C14H23N3O2/c1-11-10-13(18)17(14(16-11)19-2)9-5-8-15-12-6-3-4-7-12/h10,12,15H,3-9H2,1-2H3. The Kier molecular flexibility index (Phi) is 4.96. The average molecular weight is 265 g/mol. The lowest BCUT2D eigenvalue weighted by molar-refractivity contribution is 0.340. The van der Waals surface area contributed by atoms with Gasteiger partial charge < -0.3 is 10.1 Å². The normalized spacial score (nSPS) is 15.9. The monoisotopic (exact) mass is 265 g/mol. The third-order valence-corrected chi connectivity index (χ3v) is 3.63. The smallest absolute Gasteiger partial charge is 0.299 e. The van der Waals surface area contributed by atoms with Crippen molar-refractivity contribution in [3.8, 4) is 6.01 Å². The van der Waals surface area contributed by atoms with Crippen molar-refractivity contribution >= 4 is 0 Å². The minimum absolute atomic E-state index is 0.0368. The quantitative estimate of drug-likeness (QED) is 0.792. The van der Waals surface area contributed by atoms with Gasteiger partial charge in [-0.1, -0.05) is 12.8 Å². The molecule has 0 unspecified atom stereocenters. The van der Waals surface area contributed by atoms with E-state index in [1.165, 1.54) is 25.7 Å². The second-order valence-electron chi connectivity index (χ2n) is 5.16. The summed E-state index contributed by atoms with van der Waals surface area (Å²) in [5.41, 5.74) is 0.660. The van der Waals surface area contributed by atoms with Crippen LogP contribution in [0.15, 0.2) is 10.9 Å². The average Bonchev–Trinajstić information content (AvgIpc) is 2.89. The number of hydrogen-bond donors (Lipinski definition) is 1. The van der Waals surface area contributed by atoms with E-state index in [-0.39, 0.29) is 5.56 Å². The summed E-state index contributed by atoms with van der Waals surface area (Å²) in [6.07, 6.45) is 6.17. The lowest BCUT2D eigenvalue weighted by Gasteiger charge is -2.13.